The van der Waals surface area contributed by atoms with E-state index in [2.05, 4.69) is 20.4 Å². The third-order valence-electron chi connectivity index (χ3n) is 5.97. The van der Waals surface area contributed by atoms with E-state index < -0.39 is 12.2 Å². The highest BCUT2D eigenvalue weighted by Gasteiger charge is 2.40. The number of aryl methyl sites for hydroxylation is 1. The summed E-state index contributed by atoms with van der Waals surface area (Å²) in [5.74, 6) is 0.0217. The van der Waals surface area contributed by atoms with Crippen molar-refractivity contribution in [2.45, 2.75) is 50.9 Å². The number of methoxy groups -OCH3 is 1. The fourth-order valence-electron chi connectivity index (χ4n) is 4.10. The maximum absolute atomic E-state index is 13.3. The van der Waals surface area contributed by atoms with Gasteiger partial charge < -0.3 is 25.0 Å². The van der Waals surface area contributed by atoms with Crippen LogP contribution < -0.4 is 10.6 Å². The second-order valence-electron chi connectivity index (χ2n) is 8.38. The third kappa shape index (κ3) is 5.69. The van der Waals surface area contributed by atoms with Gasteiger partial charge in [0.25, 0.3) is 5.91 Å². The van der Waals surface area contributed by atoms with Crippen LogP contribution in [0, 0.1) is 0 Å². The number of hydrogen-bond donors (Lipinski definition) is 2. The Morgan fingerprint density at radius 2 is 2.24 bits per heavy atom. The Morgan fingerprint density at radius 3 is 2.91 bits per heavy atom. The lowest BCUT2D eigenvalue weighted by atomic mass is 10.1. The summed E-state index contributed by atoms with van der Waals surface area (Å²) in [6.07, 6.45) is 3.53. The molecule has 2 aromatic rings. The molecule has 3 heterocycles. The van der Waals surface area contributed by atoms with E-state index in [4.69, 9.17) is 9.84 Å². The molecular weight excluding hydrogens is 424 g/mol. The molecule has 2 fully saturated rings. The van der Waals surface area contributed by atoms with Crippen LogP contribution in [0.15, 0.2) is 30.5 Å². The molecule has 178 valence electrons. The van der Waals surface area contributed by atoms with Crippen molar-refractivity contribution in [3.05, 3.63) is 36.2 Å². The zero-order valence-corrected chi connectivity index (χ0v) is 19.2. The highest BCUT2D eigenvalue weighted by Crippen LogP contribution is 2.36. The number of aromatic nitrogens is 3. The van der Waals surface area contributed by atoms with Gasteiger partial charge in [-0.25, -0.2) is 4.79 Å². The van der Waals surface area contributed by atoms with E-state index in [1.807, 2.05) is 40.8 Å². The second kappa shape index (κ2) is 10.8. The molecule has 1 aliphatic carbocycles. The van der Waals surface area contributed by atoms with Gasteiger partial charge in [0.1, 0.15) is 6.10 Å². The fourth-order valence-corrected chi connectivity index (χ4v) is 4.10. The van der Waals surface area contributed by atoms with E-state index in [0.717, 1.165) is 36.5 Å². The molecule has 1 saturated carbocycles. The van der Waals surface area contributed by atoms with Gasteiger partial charge in [0.15, 0.2) is 0 Å². The molecule has 2 amide bonds. The summed E-state index contributed by atoms with van der Waals surface area (Å²) in [6.45, 7) is 4.94. The summed E-state index contributed by atoms with van der Waals surface area (Å²) in [7, 11) is 1.34. The van der Waals surface area contributed by atoms with Crippen molar-refractivity contribution in [2.75, 3.05) is 33.4 Å². The van der Waals surface area contributed by atoms with Gasteiger partial charge in [0.2, 0.25) is 0 Å². The Balaban J connectivity index is 1.54. The van der Waals surface area contributed by atoms with Gasteiger partial charge >= 0.3 is 6.09 Å². The largest absolute Gasteiger partial charge is 0.453 e. The molecule has 0 radical (unpaired) electrons. The van der Waals surface area contributed by atoms with Gasteiger partial charge in [-0.2, -0.15) is 5.10 Å². The van der Waals surface area contributed by atoms with Gasteiger partial charge in [-0.05, 0) is 44.4 Å². The number of amides is 2. The van der Waals surface area contributed by atoms with Gasteiger partial charge in [-0.1, -0.05) is 6.07 Å². The Bertz CT molecular complexity index is 940. The van der Waals surface area contributed by atoms with E-state index in [-0.39, 0.29) is 18.0 Å². The summed E-state index contributed by atoms with van der Waals surface area (Å²) < 4.78 is 12.3. The van der Waals surface area contributed by atoms with Crippen molar-refractivity contribution in [3.63, 3.8) is 0 Å². The summed E-state index contributed by atoms with van der Waals surface area (Å²) in [5.41, 5.74) is 2.52. The first-order valence-electron chi connectivity index (χ1n) is 11.5. The number of nitrogens with one attached hydrogen (secondary N) is 2. The Hall–Kier alpha value is -2.98. The molecule has 0 spiro atoms. The molecule has 0 aromatic carbocycles. The van der Waals surface area contributed by atoms with E-state index in [9.17, 15) is 9.59 Å². The molecule has 0 unspecified atom stereocenters. The number of carbonyl (C=O) groups is 2. The van der Waals surface area contributed by atoms with E-state index in [0.29, 0.717) is 32.7 Å². The zero-order valence-electron chi connectivity index (χ0n) is 19.2. The quantitative estimate of drug-likeness (QED) is 0.553. The van der Waals surface area contributed by atoms with Crippen molar-refractivity contribution >= 4 is 12.0 Å². The number of ether oxygens (including phenoxy) is 2. The minimum absolute atomic E-state index is 0.0217. The molecular formula is C23H32N6O4. The van der Waals surface area contributed by atoms with Crippen molar-refractivity contribution in [2.24, 2.45) is 0 Å². The third-order valence-corrected chi connectivity index (χ3v) is 5.97. The number of morpholine rings is 1. The van der Waals surface area contributed by atoms with Crippen molar-refractivity contribution in [1.29, 1.82) is 0 Å². The second-order valence-corrected chi connectivity index (χ2v) is 8.38. The predicted octanol–water partition coefficient (Wildman–Crippen LogP) is 1.73. The van der Waals surface area contributed by atoms with Crippen molar-refractivity contribution in [3.8, 4) is 11.4 Å². The van der Waals surface area contributed by atoms with E-state index >= 15 is 0 Å². The topological polar surface area (TPSA) is 111 Å². The molecule has 2 atom stereocenters. The first-order chi connectivity index (χ1) is 16.1. The number of rotatable bonds is 9. The van der Waals surface area contributed by atoms with Crippen LogP contribution in [0.3, 0.4) is 0 Å². The van der Waals surface area contributed by atoms with Crippen molar-refractivity contribution < 1.29 is 19.1 Å². The Labute approximate surface area is 193 Å². The van der Waals surface area contributed by atoms with Crippen LogP contribution in [-0.2, 0) is 20.8 Å². The zero-order chi connectivity index (χ0) is 23.2. The van der Waals surface area contributed by atoms with Gasteiger partial charge in [0, 0.05) is 38.4 Å². The molecule has 2 aromatic heterocycles. The number of pyridine rings is 1. The minimum Gasteiger partial charge on any atom is -0.453 e. The molecule has 10 heteroatoms. The molecule has 2 aliphatic rings. The lowest BCUT2D eigenvalue weighted by Crippen LogP contribution is -2.50. The molecule has 4 rings (SSSR count). The number of alkyl carbamates (subject to hydrolysis) is 1. The smallest absolute Gasteiger partial charge is 0.406 e. The monoisotopic (exact) mass is 456 g/mol. The summed E-state index contributed by atoms with van der Waals surface area (Å²) in [4.78, 5) is 31.1. The predicted molar refractivity (Wildman–Crippen MR) is 121 cm³/mol. The normalized spacial score (nSPS) is 19.0. The highest BCUT2D eigenvalue weighted by atomic mass is 16.5. The van der Waals surface area contributed by atoms with E-state index in [1.165, 1.54) is 7.11 Å². The average molecular weight is 457 g/mol. The number of carbonyl (C=O) groups excluding carboxylic acids is 2. The van der Waals surface area contributed by atoms with Crippen LogP contribution in [0.4, 0.5) is 4.79 Å². The molecule has 0 bridgehead atoms. The first kappa shape index (κ1) is 23.2. The maximum Gasteiger partial charge on any atom is 0.406 e. The summed E-state index contributed by atoms with van der Waals surface area (Å²) in [6, 6.07) is 7.82. The van der Waals surface area contributed by atoms with Gasteiger partial charge in [-0.3, -0.25) is 14.5 Å². The van der Waals surface area contributed by atoms with Gasteiger partial charge in [0.05, 0.1) is 36.8 Å². The Kier molecular flexibility index (Phi) is 7.56. The molecule has 1 aliphatic heterocycles. The molecule has 1 saturated heterocycles. The van der Waals surface area contributed by atoms with Crippen LogP contribution >= 0.6 is 0 Å². The Morgan fingerprint density at radius 1 is 1.39 bits per heavy atom. The van der Waals surface area contributed by atoms with Crippen LogP contribution in [0.5, 0.6) is 0 Å². The number of nitrogens with zero attached hydrogens (tertiary/aromatic N) is 4. The fraction of sp³-hybridized carbons (Fsp3) is 0.565. The van der Waals surface area contributed by atoms with Gasteiger partial charge in [-0.15, -0.1) is 0 Å². The van der Waals surface area contributed by atoms with Crippen LogP contribution in [-0.4, -0.2) is 77.2 Å². The molecule has 2 N–H and O–H groups in total. The maximum atomic E-state index is 13.3. The first-order valence-corrected chi connectivity index (χ1v) is 11.5. The van der Waals surface area contributed by atoms with Crippen molar-refractivity contribution in [1.82, 2.24) is 30.3 Å². The summed E-state index contributed by atoms with van der Waals surface area (Å²) in [5, 5.41) is 10.8. The molecule has 10 nitrogen and oxygen atoms in total. The summed E-state index contributed by atoms with van der Waals surface area (Å²) >= 11 is 0. The lowest BCUT2D eigenvalue weighted by Gasteiger charge is -2.33. The number of hydrogen-bond acceptors (Lipinski definition) is 7. The minimum atomic E-state index is -0.455. The standard InChI is InChI=1S/C23H32N6O4/c1-16(29(17-7-8-17)22(30)21-15-24-11-13-33-21)19-14-20(18-6-3-4-9-25-18)28(27-19)12-5-10-26-23(31)32-2/h3-4,6,9,14,16-17,21,24H,5,7-8,10-13,15H2,1-2H3,(H,26,31)/t16-,21-/m1/s1. The van der Waals surface area contributed by atoms with Crippen LogP contribution in [0.2, 0.25) is 0 Å². The van der Waals surface area contributed by atoms with Crippen LogP contribution in [0.25, 0.3) is 11.4 Å². The van der Waals surface area contributed by atoms with Crippen LogP contribution in [0.1, 0.15) is 37.9 Å². The highest BCUT2D eigenvalue weighted by molar-refractivity contribution is 5.82. The molecule has 33 heavy (non-hydrogen) atoms. The average Bonchev–Trinajstić information content (AvgIpc) is 3.60. The lowest BCUT2D eigenvalue weighted by molar-refractivity contribution is -0.148. The SMILES string of the molecule is COC(=O)NCCCn1nc([C@@H](C)N(C(=O)[C@H]2CNCCO2)C2CC2)cc1-c1ccccn1. The van der Waals surface area contributed by atoms with E-state index in [1.54, 1.807) is 6.20 Å².